The number of benzene rings is 2. The molecular weight excluding hydrogens is 611 g/mol. The van der Waals surface area contributed by atoms with E-state index < -0.39 is 67.6 Å². The predicted octanol–water partition coefficient (Wildman–Crippen LogP) is 4.63. The SMILES string of the molecule is C[C@H]1CC2C[C@@H](S(=O)(=O)c3cc(C(=O)Nc4cc(F)c(F)c(F)c4)ccc3Cl)C[C@H]1[C@@]2(O)c1ncc(C(O)C(C)(C)O)[nH]1. The van der Waals surface area contributed by atoms with Crippen molar-refractivity contribution in [2.45, 2.75) is 67.5 Å². The summed E-state index contributed by atoms with van der Waals surface area (Å²) in [5.74, 6) is -6.54. The van der Waals surface area contributed by atoms with Gasteiger partial charge in [0.1, 0.15) is 17.5 Å². The fourth-order valence-electron chi connectivity index (χ4n) is 6.47. The van der Waals surface area contributed by atoms with E-state index in [0.717, 1.165) is 6.07 Å². The number of carbonyl (C=O) groups excluding carboxylic acids is 1. The van der Waals surface area contributed by atoms with E-state index in [1.165, 1.54) is 32.2 Å². The second-order valence-corrected chi connectivity index (χ2v) is 14.7. The number of fused-ring (bicyclic) bond motifs is 2. The van der Waals surface area contributed by atoms with E-state index in [4.69, 9.17) is 11.6 Å². The van der Waals surface area contributed by atoms with Gasteiger partial charge in [0.2, 0.25) is 0 Å². The molecule has 5 N–H and O–H groups in total. The zero-order valence-electron chi connectivity index (χ0n) is 23.4. The number of anilines is 1. The van der Waals surface area contributed by atoms with Crippen molar-refractivity contribution in [2.24, 2.45) is 17.8 Å². The van der Waals surface area contributed by atoms with E-state index in [-0.39, 0.29) is 51.4 Å². The van der Waals surface area contributed by atoms with E-state index in [9.17, 15) is 41.7 Å². The van der Waals surface area contributed by atoms with Gasteiger partial charge >= 0.3 is 0 Å². The number of rotatable bonds is 7. The molecule has 14 heteroatoms. The van der Waals surface area contributed by atoms with Crippen molar-refractivity contribution < 1.29 is 41.7 Å². The van der Waals surface area contributed by atoms with Gasteiger partial charge in [-0.05, 0) is 69.1 Å². The Morgan fingerprint density at radius 2 is 1.81 bits per heavy atom. The highest BCUT2D eigenvalue weighted by atomic mass is 35.5. The Bertz CT molecular complexity index is 1670. The van der Waals surface area contributed by atoms with Crippen molar-refractivity contribution in [1.82, 2.24) is 9.97 Å². The van der Waals surface area contributed by atoms with Crippen LogP contribution in [0.1, 0.15) is 68.0 Å². The van der Waals surface area contributed by atoms with Gasteiger partial charge in [0.05, 0.1) is 32.7 Å². The molecule has 1 heterocycles. The highest BCUT2D eigenvalue weighted by molar-refractivity contribution is 7.92. The number of halogens is 4. The number of nitrogens with one attached hydrogen (secondary N) is 2. The molecule has 2 bridgehead atoms. The molecule has 2 fully saturated rings. The summed E-state index contributed by atoms with van der Waals surface area (Å²) in [5, 5.41) is 33.7. The number of imidazole rings is 1. The minimum Gasteiger partial charge on any atom is -0.387 e. The van der Waals surface area contributed by atoms with Crippen LogP contribution in [0.3, 0.4) is 0 Å². The van der Waals surface area contributed by atoms with Gasteiger partial charge in [-0.25, -0.2) is 26.6 Å². The first-order chi connectivity index (χ1) is 19.9. The summed E-state index contributed by atoms with van der Waals surface area (Å²) in [4.78, 5) is 19.8. The van der Waals surface area contributed by atoms with Crippen LogP contribution in [0, 0.1) is 35.2 Å². The highest BCUT2D eigenvalue weighted by Gasteiger charge is 2.60. The number of H-pyrrole nitrogens is 1. The standard InChI is InChI=1S/C29H31ClF3N3O6S/c1-13-6-15-8-17(11-18(13)29(15,40)27-34-12-22(36-27)25(37)28(2,3)39)43(41,42)23-7-14(4-5-19(23)30)26(38)35-16-9-20(31)24(33)21(32)10-16/h4-5,7,9-10,12-13,15,17-18,25,37,39-40H,6,8,11H2,1-3H3,(H,34,36)(H,35,38)/t13-,15?,17+,18+,25?,29+/m0/s1. The molecule has 2 aromatic carbocycles. The Labute approximate surface area is 251 Å². The Morgan fingerprint density at radius 3 is 2.42 bits per heavy atom. The van der Waals surface area contributed by atoms with Crippen LogP contribution < -0.4 is 5.32 Å². The lowest BCUT2D eigenvalue weighted by atomic mass is 9.72. The molecule has 0 aliphatic heterocycles. The van der Waals surface area contributed by atoms with Crippen LogP contribution in [0.25, 0.3) is 0 Å². The summed E-state index contributed by atoms with van der Waals surface area (Å²) >= 11 is 6.30. The van der Waals surface area contributed by atoms with Crippen LogP contribution >= 0.6 is 11.6 Å². The largest absolute Gasteiger partial charge is 0.387 e. The van der Waals surface area contributed by atoms with E-state index in [2.05, 4.69) is 15.3 Å². The van der Waals surface area contributed by atoms with E-state index in [1.54, 1.807) is 0 Å². The molecule has 1 amide bonds. The van der Waals surface area contributed by atoms with Gasteiger partial charge in [0.25, 0.3) is 5.91 Å². The number of aromatic amines is 1. The molecule has 2 aliphatic carbocycles. The summed E-state index contributed by atoms with van der Waals surface area (Å²) in [6.45, 7) is 4.78. The predicted molar refractivity (Wildman–Crippen MR) is 150 cm³/mol. The number of nitrogens with zero attached hydrogens (tertiary/aromatic N) is 1. The van der Waals surface area contributed by atoms with Gasteiger partial charge in [0.15, 0.2) is 27.3 Å². The number of sulfone groups is 1. The molecule has 232 valence electrons. The third-order valence-corrected chi connectivity index (χ3v) is 11.4. The first kappa shape index (κ1) is 31.5. The lowest BCUT2D eigenvalue weighted by Gasteiger charge is -2.41. The van der Waals surface area contributed by atoms with Crippen molar-refractivity contribution in [3.8, 4) is 0 Å². The smallest absolute Gasteiger partial charge is 0.255 e. The van der Waals surface area contributed by atoms with Crippen molar-refractivity contribution in [2.75, 3.05) is 5.32 Å². The average Bonchev–Trinajstić information content (AvgIpc) is 3.44. The monoisotopic (exact) mass is 641 g/mol. The summed E-state index contributed by atoms with van der Waals surface area (Å²) in [7, 11) is -4.15. The minimum absolute atomic E-state index is 0.0570. The quantitative estimate of drug-likeness (QED) is 0.236. The molecule has 1 aromatic heterocycles. The Kier molecular flexibility index (Phi) is 7.96. The molecule has 9 nitrogen and oxygen atoms in total. The lowest BCUT2D eigenvalue weighted by molar-refractivity contribution is -0.0775. The molecule has 2 aliphatic rings. The summed E-state index contributed by atoms with van der Waals surface area (Å²) in [6.07, 6.45) is 0.676. The Morgan fingerprint density at radius 1 is 1.16 bits per heavy atom. The third-order valence-electron chi connectivity index (χ3n) is 8.71. The molecule has 0 saturated heterocycles. The van der Waals surface area contributed by atoms with Gasteiger partial charge < -0.3 is 25.6 Å². The van der Waals surface area contributed by atoms with Crippen LogP contribution in [0.15, 0.2) is 41.4 Å². The van der Waals surface area contributed by atoms with Crippen LogP contribution in [-0.4, -0.2) is 50.5 Å². The average molecular weight is 642 g/mol. The maximum Gasteiger partial charge on any atom is 0.255 e. The molecule has 2 saturated carbocycles. The fourth-order valence-corrected chi connectivity index (χ4v) is 8.84. The van der Waals surface area contributed by atoms with Crippen molar-refractivity contribution >= 4 is 33.0 Å². The number of carbonyl (C=O) groups is 1. The lowest BCUT2D eigenvalue weighted by Crippen LogP contribution is -2.47. The normalized spacial score (nSPS) is 26.4. The fraction of sp³-hybridized carbons (Fsp3) is 0.448. The molecule has 6 atom stereocenters. The van der Waals surface area contributed by atoms with Crippen molar-refractivity contribution in [1.29, 1.82) is 0 Å². The van der Waals surface area contributed by atoms with Crippen LogP contribution in [0.4, 0.5) is 18.9 Å². The maximum atomic E-state index is 13.9. The Balaban J connectivity index is 1.41. The van der Waals surface area contributed by atoms with Crippen molar-refractivity contribution in [3.63, 3.8) is 0 Å². The van der Waals surface area contributed by atoms with Gasteiger partial charge in [-0.15, -0.1) is 0 Å². The van der Waals surface area contributed by atoms with E-state index in [1.807, 2.05) is 6.92 Å². The summed E-state index contributed by atoms with van der Waals surface area (Å²) in [6, 6.07) is 4.74. The van der Waals surface area contributed by atoms with Gasteiger partial charge in [-0.2, -0.15) is 0 Å². The maximum absolute atomic E-state index is 13.9. The topological polar surface area (TPSA) is 153 Å². The zero-order chi connectivity index (χ0) is 31.6. The first-order valence-electron chi connectivity index (χ1n) is 13.6. The van der Waals surface area contributed by atoms with E-state index in [0.29, 0.717) is 18.6 Å². The third kappa shape index (κ3) is 5.46. The number of hydrogen-bond donors (Lipinski definition) is 5. The number of aliphatic hydroxyl groups is 3. The second kappa shape index (κ2) is 10.9. The van der Waals surface area contributed by atoms with Crippen LogP contribution in [0.5, 0.6) is 0 Å². The van der Waals surface area contributed by atoms with Gasteiger partial charge in [-0.1, -0.05) is 18.5 Å². The van der Waals surface area contributed by atoms with Crippen LogP contribution in [0.2, 0.25) is 5.02 Å². The molecule has 2 unspecified atom stereocenters. The molecule has 3 aromatic rings. The number of aromatic nitrogens is 2. The van der Waals surface area contributed by atoms with E-state index >= 15 is 0 Å². The van der Waals surface area contributed by atoms with Crippen molar-refractivity contribution in [3.05, 3.63) is 76.1 Å². The summed E-state index contributed by atoms with van der Waals surface area (Å²) < 4.78 is 68.4. The van der Waals surface area contributed by atoms with Gasteiger partial charge in [-0.3, -0.25) is 4.79 Å². The molecule has 0 radical (unpaired) electrons. The number of hydrogen-bond acceptors (Lipinski definition) is 7. The highest BCUT2D eigenvalue weighted by Crippen LogP contribution is 2.58. The molecule has 0 spiro atoms. The van der Waals surface area contributed by atoms with Crippen LogP contribution in [-0.2, 0) is 15.4 Å². The zero-order valence-corrected chi connectivity index (χ0v) is 25.0. The summed E-state index contributed by atoms with van der Waals surface area (Å²) in [5.41, 5.74) is -3.29. The minimum atomic E-state index is -4.15. The first-order valence-corrected chi connectivity index (χ1v) is 15.5. The number of amides is 1. The molecular formula is C29H31ClF3N3O6S. The molecule has 5 rings (SSSR count). The van der Waals surface area contributed by atoms with Gasteiger partial charge in [0, 0.05) is 23.4 Å². The Hall–Kier alpha value is -2.97. The number of aliphatic hydroxyl groups excluding tert-OH is 1. The second-order valence-electron chi connectivity index (χ2n) is 12.1. The molecule has 43 heavy (non-hydrogen) atoms.